The van der Waals surface area contributed by atoms with Crippen molar-refractivity contribution >= 4 is 46.6 Å². The maximum atomic E-state index is 13.1. The number of carbonyl (C=O) groups is 2. The first kappa shape index (κ1) is 20.1. The molecule has 2 aromatic rings. The van der Waals surface area contributed by atoms with Crippen molar-refractivity contribution in [3.8, 4) is 5.75 Å². The second-order valence-electron chi connectivity index (χ2n) is 7.17. The molecule has 0 spiro atoms. The highest BCUT2D eigenvalue weighted by atomic mass is 32.1. The second kappa shape index (κ2) is 8.67. The number of anilines is 2. The Balaban J connectivity index is 1.58. The van der Waals surface area contributed by atoms with Crippen LogP contribution in [0.15, 0.2) is 54.1 Å². The van der Waals surface area contributed by atoms with Crippen LogP contribution in [0.5, 0.6) is 5.75 Å². The zero-order chi connectivity index (χ0) is 21.1. The Morgan fingerprint density at radius 3 is 2.27 bits per heavy atom. The smallest absolute Gasteiger partial charge is 0.270 e. The Kier molecular flexibility index (Phi) is 5.81. The third-order valence-corrected chi connectivity index (χ3v) is 5.47. The summed E-state index contributed by atoms with van der Waals surface area (Å²) >= 11 is 5.25. The van der Waals surface area contributed by atoms with Gasteiger partial charge in [0, 0.05) is 18.8 Å². The molecular weight excluding hydrogens is 398 g/mol. The molecule has 0 bridgehead atoms. The highest BCUT2D eigenvalue weighted by Gasteiger charge is 2.34. The number of rotatable bonds is 5. The molecule has 4 rings (SSSR count). The summed E-state index contributed by atoms with van der Waals surface area (Å²) in [5, 5.41) is 2.68. The standard InChI is InChI=1S/C23H23N3O3S/c1-2-29-19-11-9-18(10-12-19)26-22(28)20(21(27)24-23(26)30)15-16-5-7-17(8-6-16)25-13-3-4-14-25/h5-12,15H,2-4,13-14H2,1H3,(H,24,27,30)/b20-15-. The Bertz CT molecular complexity index is 993. The van der Waals surface area contributed by atoms with Gasteiger partial charge in [0.25, 0.3) is 11.8 Å². The Labute approximate surface area is 181 Å². The van der Waals surface area contributed by atoms with Crippen molar-refractivity contribution in [2.75, 3.05) is 29.5 Å². The molecule has 2 fully saturated rings. The van der Waals surface area contributed by atoms with E-state index in [2.05, 4.69) is 10.2 Å². The van der Waals surface area contributed by atoms with Gasteiger partial charge in [0.1, 0.15) is 11.3 Å². The van der Waals surface area contributed by atoms with Crippen LogP contribution >= 0.6 is 12.2 Å². The molecule has 0 unspecified atom stereocenters. The molecule has 2 aliphatic rings. The largest absolute Gasteiger partial charge is 0.494 e. The molecule has 1 N–H and O–H groups in total. The number of hydrogen-bond acceptors (Lipinski definition) is 5. The van der Waals surface area contributed by atoms with E-state index in [4.69, 9.17) is 17.0 Å². The van der Waals surface area contributed by atoms with E-state index in [0.29, 0.717) is 18.0 Å². The normalized spacial score (nSPS) is 18.2. The van der Waals surface area contributed by atoms with Crippen molar-refractivity contribution in [1.29, 1.82) is 0 Å². The fourth-order valence-electron chi connectivity index (χ4n) is 3.67. The third kappa shape index (κ3) is 4.07. The first-order valence-corrected chi connectivity index (χ1v) is 10.5. The molecular formula is C23H23N3O3S. The molecule has 0 atom stereocenters. The lowest BCUT2D eigenvalue weighted by atomic mass is 10.1. The maximum absolute atomic E-state index is 13.1. The van der Waals surface area contributed by atoms with Crippen LogP contribution in [0, 0.1) is 0 Å². The van der Waals surface area contributed by atoms with Crippen molar-refractivity contribution < 1.29 is 14.3 Å². The van der Waals surface area contributed by atoms with E-state index in [-0.39, 0.29) is 10.7 Å². The van der Waals surface area contributed by atoms with Gasteiger partial charge in [-0.25, -0.2) is 0 Å². The van der Waals surface area contributed by atoms with E-state index in [1.165, 1.54) is 17.7 Å². The Hall–Kier alpha value is -3.19. The molecule has 7 heteroatoms. The lowest BCUT2D eigenvalue weighted by Gasteiger charge is -2.29. The van der Waals surface area contributed by atoms with Gasteiger partial charge < -0.3 is 9.64 Å². The first-order valence-electron chi connectivity index (χ1n) is 10.1. The quantitative estimate of drug-likeness (QED) is 0.455. The molecule has 2 saturated heterocycles. The summed E-state index contributed by atoms with van der Waals surface area (Å²) in [5.74, 6) is -0.234. The van der Waals surface area contributed by atoms with Crippen molar-refractivity contribution in [3.63, 3.8) is 0 Å². The van der Waals surface area contributed by atoms with Crippen molar-refractivity contribution in [1.82, 2.24) is 5.32 Å². The minimum atomic E-state index is -0.490. The summed E-state index contributed by atoms with van der Waals surface area (Å²) in [5.41, 5.74) is 2.57. The number of benzene rings is 2. The van der Waals surface area contributed by atoms with Gasteiger partial charge in [0.05, 0.1) is 12.3 Å². The topological polar surface area (TPSA) is 61.9 Å². The lowest BCUT2D eigenvalue weighted by Crippen LogP contribution is -2.54. The highest BCUT2D eigenvalue weighted by Crippen LogP contribution is 2.25. The predicted molar refractivity (Wildman–Crippen MR) is 122 cm³/mol. The number of nitrogens with zero attached hydrogens (tertiary/aromatic N) is 2. The molecule has 2 aromatic carbocycles. The maximum Gasteiger partial charge on any atom is 0.270 e. The van der Waals surface area contributed by atoms with E-state index in [9.17, 15) is 9.59 Å². The summed E-state index contributed by atoms with van der Waals surface area (Å²) < 4.78 is 5.44. The number of hydrogen-bond donors (Lipinski definition) is 1. The van der Waals surface area contributed by atoms with E-state index in [1.54, 1.807) is 30.3 Å². The number of carbonyl (C=O) groups excluding carboxylic acids is 2. The number of thiocarbonyl (C=S) groups is 1. The molecule has 0 aliphatic carbocycles. The van der Waals surface area contributed by atoms with Crippen LogP contribution in [-0.2, 0) is 9.59 Å². The van der Waals surface area contributed by atoms with Crippen molar-refractivity contribution in [2.45, 2.75) is 19.8 Å². The number of ether oxygens (including phenoxy) is 1. The van der Waals surface area contributed by atoms with Crippen LogP contribution in [0.1, 0.15) is 25.3 Å². The van der Waals surface area contributed by atoms with Crippen LogP contribution in [-0.4, -0.2) is 36.6 Å². The zero-order valence-electron chi connectivity index (χ0n) is 16.8. The molecule has 0 saturated carbocycles. The van der Waals surface area contributed by atoms with Crippen LogP contribution in [0.4, 0.5) is 11.4 Å². The second-order valence-corrected chi connectivity index (χ2v) is 7.56. The van der Waals surface area contributed by atoms with Gasteiger partial charge in [-0.05, 0) is 80.0 Å². The van der Waals surface area contributed by atoms with Crippen LogP contribution in [0.3, 0.4) is 0 Å². The van der Waals surface area contributed by atoms with E-state index in [0.717, 1.165) is 24.3 Å². The SMILES string of the molecule is CCOc1ccc(N2C(=O)/C(=C\c3ccc(N4CCCC4)cc3)C(=O)NC2=S)cc1. The lowest BCUT2D eigenvalue weighted by molar-refractivity contribution is -0.122. The van der Waals surface area contributed by atoms with E-state index >= 15 is 0 Å². The summed E-state index contributed by atoms with van der Waals surface area (Å²) in [7, 11) is 0. The van der Waals surface area contributed by atoms with Gasteiger partial charge in [-0.2, -0.15) is 0 Å². The monoisotopic (exact) mass is 421 g/mol. The van der Waals surface area contributed by atoms with Crippen LogP contribution < -0.4 is 19.9 Å². The van der Waals surface area contributed by atoms with Gasteiger partial charge in [-0.3, -0.25) is 19.8 Å². The predicted octanol–water partition coefficient (Wildman–Crippen LogP) is 3.52. The zero-order valence-corrected chi connectivity index (χ0v) is 17.6. The van der Waals surface area contributed by atoms with Crippen molar-refractivity contribution in [2.24, 2.45) is 0 Å². The molecule has 30 heavy (non-hydrogen) atoms. The Morgan fingerprint density at radius 2 is 1.63 bits per heavy atom. The van der Waals surface area contributed by atoms with E-state index < -0.39 is 11.8 Å². The molecule has 2 heterocycles. The van der Waals surface area contributed by atoms with Gasteiger partial charge >= 0.3 is 0 Å². The molecule has 154 valence electrons. The van der Waals surface area contributed by atoms with Crippen LogP contribution in [0.2, 0.25) is 0 Å². The summed E-state index contributed by atoms with van der Waals surface area (Å²) in [6, 6.07) is 14.9. The highest BCUT2D eigenvalue weighted by molar-refractivity contribution is 7.80. The summed E-state index contributed by atoms with van der Waals surface area (Å²) in [6.45, 7) is 4.59. The van der Waals surface area contributed by atoms with Crippen molar-refractivity contribution in [3.05, 3.63) is 59.7 Å². The van der Waals surface area contributed by atoms with Gasteiger partial charge in [-0.15, -0.1) is 0 Å². The van der Waals surface area contributed by atoms with Crippen LogP contribution in [0.25, 0.3) is 6.08 Å². The molecule has 0 radical (unpaired) electrons. The molecule has 2 amide bonds. The first-order chi connectivity index (χ1) is 14.6. The van der Waals surface area contributed by atoms with Gasteiger partial charge in [0.15, 0.2) is 5.11 Å². The van der Waals surface area contributed by atoms with E-state index in [1.807, 2.05) is 31.2 Å². The minimum Gasteiger partial charge on any atom is -0.494 e. The molecule has 0 aromatic heterocycles. The molecule has 2 aliphatic heterocycles. The summed E-state index contributed by atoms with van der Waals surface area (Å²) in [4.78, 5) is 29.2. The van der Waals surface area contributed by atoms with Gasteiger partial charge in [0.2, 0.25) is 0 Å². The minimum absolute atomic E-state index is 0.0476. The third-order valence-electron chi connectivity index (χ3n) is 5.18. The van der Waals surface area contributed by atoms with Gasteiger partial charge in [-0.1, -0.05) is 12.1 Å². The summed E-state index contributed by atoms with van der Waals surface area (Å²) in [6.07, 6.45) is 4.03. The number of amides is 2. The average Bonchev–Trinajstić information content (AvgIpc) is 3.28. The fraction of sp³-hybridized carbons (Fsp3) is 0.261. The number of nitrogens with one attached hydrogen (secondary N) is 1. The fourth-order valence-corrected chi connectivity index (χ4v) is 3.95. The molecule has 6 nitrogen and oxygen atoms in total. The average molecular weight is 422 g/mol. The Morgan fingerprint density at radius 1 is 1.00 bits per heavy atom.